The number of carbonyl (C=O) groups is 2. The molecule has 18 heavy (non-hydrogen) atoms. The van der Waals surface area contributed by atoms with E-state index in [1.165, 1.54) is 13.8 Å². The van der Waals surface area contributed by atoms with E-state index in [-0.39, 0.29) is 17.6 Å². The molecule has 0 saturated carbocycles. The van der Waals surface area contributed by atoms with Gasteiger partial charge in [0.15, 0.2) is 0 Å². The Labute approximate surface area is 110 Å². The van der Waals surface area contributed by atoms with Crippen LogP contribution in [-0.2, 0) is 9.59 Å². The fourth-order valence-electron chi connectivity index (χ4n) is 1.48. The van der Waals surface area contributed by atoms with Crippen LogP contribution in [0.15, 0.2) is 30.3 Å². The molecule has 4 nitrogen and oxygen atoms in total. The Kier molecular flexibility index (Phi) is 5.09. The van der Waals surface area contributed by atoms with Gasteiger partial charge in [-0.3, -0.25) is 9.59 Å². The van der Waals surface area contributed by atoms with Crippen LogP contribution in [0, 0.1) is 0 Å². The molecule has 0 N–H and O–H groups in total. The zero-order valence-corrected chi connectivity index (χ0v) is 12.2. The highest BCUT2D eigenvalue weighted by molar-refractivity contribution is 6.55. The number of nitrogens with zero attached hydrogens (tertiary/aromatic N) is 2. The zero-order chi connectivity index (χ0) is 13.7. The minimum atomic E-state index is -0.220. The van der Waals surface area contributed by atoms with Crippen molar-refractivity contribution in [3.05, 3.63) is 30.3 Å². The maximum atomic E-state index is 11.5. The summed E-state index contributed by atoms with van der Waals surface area (Å²) in [7, 11) is 3.80. The molecule has 0 aliphatic rings. The van der Waals surface area contributed by atoms with Crippen LogP contribution >= 0.6 is 0 Å². The van der Waals surface area contributed by atoms with Gasteiger partial charge in [-0.1, -0.05) is 35.5 Å². The molecule has 96 valence electrons. The molecule has 0 heterocycles. The Hall–Kier alpha value is -1.62. The molecule has 0 unspecified atom stereocenters. The lowest BCUT2D eigenvalue weighted by Crippen LogP contribution is -2.54. The maximum Gasteiger partial charge on any atom is 0.220 e. The highest BCUT2D eigenvalue weighted by Gasteiger charge is 2.24. The number of benzene rings is 1. The molecular weight excluding hydrogens is 244 g/mol. The quantitative estimate of drug-likeness (QED) is 0.577. The largest absolute Gasteiger partial charge is 0.329 e. The van der Waals surface area contributed by atoms with Crippen molar-refractivity contribution in [1.82, 2.24) is 9.80 Å². The van der Waals surface area contributed by atoms with Crippen molar-refractivity contribution >= 4 is 26.5 Å². The van der Waals surface area contributed by atoms with Crippen molar-refractivity contribution in [3.8, 4) is 0 Å². The van der Waals surface area contributed by atoms with Gasteiger partial charge in [0.1, 0.15) is 9.52 Å². The minimum absolute atomic E-state index is 0.0449. The summed E-state index contributed by atoms with van der Waals surface area (Å²) < 4.78 is 0. The molecule has 0 aliphatic carbocycles. The second-order valence-electron chi connectivity index (χ2n) is 4.14. The van der Waals surface area contributed by atoms with Crippen molar-refractivity contribution in [2.24, 2.45) is 0 Å². The normalized spacial score (nSPS) is 10.3. The summed E-state index contributed by atoms with van der Waals surface area (Å²) in [5.74, 6) is -0.310. The first-order valence-corrected chi connectivity index (χ1v) is 6.79. The van der Waals surface area contributed by atoms with Gasteiger partial charge in [0.2, 0.25) is 11.8 Å². The highest BCUT2D eigenvalue weighted by Crippen LogP contribution is 2.02. The van der Waals surface area contributed by atoms with Crippen LogP contribution in [0.5, 0.6) is 0 Å². The molecule has 1 rings (SSSR count). The summed E-state index contributed by atoms with van der Waals surface area (Å²) in [6, 6.07) is 9.88. The molecule has 0 saturated heterocycles. The van der Waals surface area contributed by atoms with E-state index in [0.717, 1.165) is 5.19 Å². The van der Waals surface area contributed by atoms with E-state index in [1.807, 2.05) is 30.3 Å². The molecule has 0 aromatic heterocycles. The van der Waals surface area contributed by atoms with Gasteiger partial charge >= 0.3 is 0 Å². The lowest BCUT2D eigenvalue weighted by Gasteiger charge is -2.34. The summed E-state index contributed by atoms with van der Waals surface area (Å²) in [4.78, 5) is 26.2. The molecule has 1 aromatic carbocycles. The number of carbonyl (C=O) groups excluding carboxylic acids is 2. The third kappa shape index (κ3) is 3.70. The molecule has 0 fully saturated rings. The first-order chi connectivity index (χ1) is 8.43. The summed E-state index contributed by atoms with van der Waals surface area (Å²) in [6.07, 6.45) is 0. The minimum Gasteiger partial charge on any atom is -0.329 e. The number of hydrogen-bond donors (Lipinski definition) is 0. The van der Waals surface area contributed by atoms with Crippen molar-refractivity contribution in [1.29, 1.82) is 0 Å². The fourth-order valence-corrected chi connectivity index (χ4v) is 2.92. The first kappa shape index (κ1) is 14.4. The Balaban J connectivity index is 2.91. The summed E-state index contributed by atoms with van der Waals surface area (Å²) in [5.41, 5.74) is 0. The van der Waals surface area contributed by atoms with Gasteiger partial charge in [0.05, 0.1) is 5.79 Å². The summed E-state index contributed by atoms with van der Waals surface area (Å²) >= 11 is 0. The van der Waals surface area contributed by atoms with Crippen LogP contribution in [0.1, 0.15) is 13.8 Å². The lowest BCUT2D eigenvalue weighted by molar-refractivity contribution is -0.136. The maximum absolute atomic E-state index is 11.5. The van der Waals surface area contributed by atoms with Gasteiger partial charge in [-0.05, 0) is 0 Å². The molecule has 5 heteroatoms. The van der Waals surface area contributed by atoms with Crippen LogP contribution in [-0.4, -0.2) is 51.0 Å². The van der Waals surface area contributed by atoms with E-state index >= 15 is 0 Å². The molecule has 0 aliphatic heterocycles. The van der Waals surface area contributed by atoms with Gasteiger partial charge in [-0.25, -0.2) is 0 Å². The third-order valence-electron chi connectivity index (χ3n) is 2.80. The monoisotopic (exact) mass is 262 g/mol. The number of rotatable bonds is 4. The van der Waals surface area contributed by atoms with Gasteiger partial charge in [0, 0.05) is 27.9 Å². The van der Waals surface area contributed by atoms with Crippen molar-refractivity contribution in [2.75, 3.05) is 14.1 Å². The Bertz CT molecular complexity index is 402. The molecule has 0 spiro atoms. The Morgan fingerprint density at radius 2 is 1.44 bits per heavy atom. The van der Waals surface area contributed by atoms with Crippen LogP contribution in [0.25, 0.3) is 0 Å². The second-order valence-corrected chi connectivity index (χ2v) is 5.53. The highest BCUT2D eigenvalue weighted by atomic mass is 28.2. The zero-order valence-electron chi connectivity index (χ0n) is 11.2. The van der Waals surface area contributed by atoms with E-state index in [4.69, 9.17) is 0 Å². The predicted octanol–water partition coefficient (Wildman–Crippen LogP) is 0.256. The van der Waals surface area contributed by atoms with Gasteiger partial charge in [-0.15, -0.1) is 0 Å². The number of hydrogen-bond acceptors (Lipinski definition) is 2. The van der Waals surface area contributed by atoms with E-state index in [0.29, 0.717) is 9.52 Å². The van der Waals surface area contributed by atoms with Gasteiger partial charge < -0.3 is 9.80 Å². The van der Waals surface area contributed by atoms with Crippen LogP contribution < -0.4 is 5.19 Å². The third-order valence-corrected chi connectivity index (χ3v) is 4.50. The molecule has 0 bridgehead atoms. The van der Waals surface area contributed by atoms with Crippen molar-refractivity contribution in [3.63, 3.8) is 0 Å². The summed E-state index contributed by atoms with van der Waals surface area (Å²) in [5, 5.41) is 1.13. The average Bonchev–Trinajstić information content (AvgIpc) is 2.35. The van der Waals surface area contributed by atoms with Crippen molar-refractivity contribution in [2.45, 2.75) is 19.6 Å². The van der Waals surface area contributed by atoms with Gasteiger partial charge in [0.25, 0.3) is 0 Å². The fraction of sp³-hybridized carbons (Fsp3) is 0.385. The van der Waals surface area contributed by atoms with Crippen molar-refractivity contribution < 1.29 is 9.59 Å². The first-order valence-electron chi connectivity index (χ1n) is 5.72. The Morgan fingerprint density at radius 1 is 1.00 bits per heavy atom. The molecule has 1 aromatic rings. The molecular formula is C13H18N2O2Si. The number of amides is 2. The van der Waals surface area contributed by atoms with Crippen LogP contribution in [0.3, 0.4) is 0 Å². The molecule has 0 atom stereocenters. The van der Waals surface area contributed by atoms with E-state index in [1.54, 1.807) is 23.9 Å². The van der Waals surface area contributed by atoms with Gasteiger partial charge in [-0.2, -0.15) is 0 Å². The average molecular weight is 262 g/mol. The topological polar surface area (TPSA) is 40.6 Å². The standard InChI is InChI=1S/C13H18N2O2Si/c1-10(16)14(3)13(15(4)11(2)17)18-12-8-6-5-7-9-12/h5-9,13H,1-4H3. The smallest absolute Gasteiger partial charge is 0.220 e. The second kappa shape index (κ2) is 6.35. The van der Waals surface area contributed by atoms with E-state index in [2.05, 4.69) is 0 Å². The van der Waals surface area contributed by atoms with Crippen LogP contribution in [0.4, 0.5) is 0 Å². The van der Waals surface area contributed by atoms with E-state index < -0.39 is 0 Å². The van der Waals surface area contributed by atoms with Crippen LogP contribution in [0.2, 0.25) is 0 Å². The Morgan fingerprint density at radius 3 is 1.83 bits per heavy atom. The lowest BCUT2D eigenvalue weighted by atomic mass is 10.4. The molecule has 2 radical (unpaired) electrons. The predicted molar refractivity (Wildman–Crippen MR) is 72.5 cm³/mol. The summed E-state index contributed by atoms with van der Waals surface area (Å²) in [6.45, 7) is 3.02. The SMILES string of the molecule is CC(=O)N(C)C([Si]c1ccccc1)N(C)C(C)=O. The molecule has 2 amide bonds. The van der Waals surface area contributed by atoms with E-state index in [9.17, 15) is 9.59 Å².